The van der Waals surface area contributed by atoms with Gasteiger partial charge in [-0.1, -0.05) is 59.6 Å². The van der Waals surface area contributed by atoms with E-state index in [4.69, 9.17) is 23.2 Å². The lowest BCUT2D eigenvalue weighted by Gasteiger charge is -2.12. The maximum atomic E-state index is 12.6. The molecule has 0 aliphatic heterocycles. The minimum absolute atomic E-state index is 0.285. The van der Waals surface area contributed by atoms with Gasteiger partial charge in [0.1, 0.15) is 0 Å². The molecule has 0 saturated heterocycles. The van der Waals surface area contributed by atoms with Crippen molar-refractivity contribution in [2.75, 3.05) is 5.32 Å². The standard InChI is InChI=1S/C20H17Cl2N5O2/c1-26-17-16(18(28)25-20(26)29)27(11-13-7-3-5-9-15(13)22)19(24-17)23-10-12-6-2-4-8-14(12)21/h2-9H,10-11H2,1H3,(H,23,24)(H,25,28,29). The van der Waals surface area contributed by atoms with E-state index in [1.54, 1.807) is 23.7 Å². The lowest BCUT2D eigenvalue weighted by Crippen LogP contribution is -2.29. The monoisotopic (exact) mass is 429 g/mol. The van der Waals surface area contributed by atoms with Gasteiger partial charge in [0.25, 0.3) is 5.56 Å². The van der Waals surface area contributed by atoms with E-state index in [9.17, 15) is 9.59 Å². The van der Waals surface area contributed by atoms with Gasteiger partial charge in [-0.25, -0.2) is 4.79 Å². The van der Waals surface area contributed by atoms with Gasteiger partial charge in [-0.05, 0) is 23.3 Å². The molecule has 9 heteroatoms. The van der Waals surface area contributed by atoms with Crippen LogP contribution in [0.3, 0.4) is 0 Å². The van der Waals surface area contributed by atoms with Crippen molar-refractivity contribution in [1.29, 1.82) is 0 Å². The Hall–Kier alpha value is -3.03. The zero-order valence-electron chi connectivity index (χ0n) is 15.4. The number of aromatic amines is 1. The molecular formula is C20H17Cl2N5O2. The van der Waals surface area contributed by atoms with E-state index in [-0.39, 0.29) is 11.2 Å². The molecule has 0 aliphatic rings. The van der Waals surface area contributed by atoms with Gasteiger partial charge >= 0.3 is 5.69 Å². The summed E-state index contributed by atoms with van der Waals surface area (Å²) in [6.45, 7) is 0.708. The molecule has 0 fully saturated rings. The summed E-state index contributed by atoms with van der Waals surface area (Å²) in [6.07, 6.45) is 0. The van der Waals surface area contributed by atoms with E-state index in [0.29, 0.717) is 29.1 Å². The Kier molecular flexibility index (Phi) is 5.17. The van der Waals surface area contributed by atoms with Gasteiger partial charge < -0.3 is 5.32 Å². The Labute approximate surface area is 175 Å². The highest BCUT2D eigenvalue weighted by Crippen LogP contribution is 2.23. The van der Waals surface area contributed by atoms with Crippen LogP contribution >= 0.6 is 23.2 Å². The topological polar surface area (TPSA) is 84.7 Å². The van der Waals surface area contributed by atoms with E-state index in [1.807, 2.05) is 36.4 Å². The third-order valence-corrected chi connectivity index (χ3v) is 5.43. The zero-order valence-corrected chi connectivity index (χ0v) is 17.0. The van der Waals surface area contributed by atoms with E-state index in [0.717, 1.165) is 11.1 Å². The first-order chi connectivity index (χ1) is 14.0. The number of nitrogens with zero attached hydrogens (tertiary/aromatic N) is 3. The molecule has 148 valence electrons. The molecule has 0 aliphatic carbocycles. The Morgan fingerprint density at radius 1 is 1.00 bits per heavy atom. The first-order valence-electron chi connectivity index (χ1n) is 8.86. The number of halogens is 2. The second-order valence-electron chi connectivity index (χ2n) is 6.55. The summed E-state index contributed by atoms with van der Waals surface area (Å²) in [5.74, 6) is 0.437. The predicted octanol–water partition coefficient (Wildman–Crippen LogP) is 3.39. The quantitative estimate of drug-likeness (QED) is 0.509. The van der Waals surface area contributed by atoms with Crippen LogP contribution in [0.15, 0.2) is 58.1 Å². The van der Waals surface area contributed by atoms with Crippen molar-refractivity contribution in [2.45, 2.75) is 13.1 Å². The van der Waals surface area contributed by atoms with Gasteiger partial charge in [-0.2, -0.15) is 4.98 Å². The molecular weight excluding hydrogens is 413 g/mol. The van der Waals surface area contributed by atoms with E-state index in [1.165, 1.54) is 4.57 Å². The smallest absolute Gasteiger partial charge is 0.329 e. The number of nitrogens with one attached hydrogen (secondary N) is 2. The van der Waals surface area contributed by atoms with Crippen molar-refractivity contribution in [3.63, 3.8) is 0 Å². The number of benzene rings is 2. The Bertz CT molecular complexity index is 1320. The molecule has 4 aromatic rings. The highest BCUT2D eigenvalue weighted by atomic mass is 35.5. The van der Waals surface area contributed by atoms with Gasteiger partial charge in [0, 0.05) is 23.6 Å². The fraction of sp³-hybridized carbons (Fsp3) is 0.150. The van der Waals surface area contributed by atoms with Crippen LogP contribution in [-0.2, 0) is 20.1 Å². The second-order valence-corrected chi connectivity index (χ2v) is 7.36. The van der Waals surface area contributed by atoms with Crippen LogP contribution in [0.1, 0.15) is 11.1 Å². The van der Waals surface area contributed by atoms with Crippen LogP contribution in [0.5, 0.6) is 0 Å². The van der Waals surface area contributed by atoms with E-state index < -0.39 is 11.2 Å². The molecule has 7 nitrogen and oxygen atoms in total. The molecule has 0 unspecified atom stereocenters. The molecule has 2 aromatic heterocycles. The fourth-order valence-corrected chi connectivity index (χ4v) is 3.53. The summed E-state index contributed by atoms with van der Waals surface area (Å²) >= 11 is 12.6. The maximum Gasteiger partial charge on any atom is 0.329 e. The minimum atomic E-state index is -0.525. The van der Waals surface area contributed by atoms with Gasteiger partial charge in [0.15, 0.2) is 11.2 Å². The SMILES string of the molecule is Cn1c(=O)[nH]c(=O)c2c1nc(NCc1ccccc1Cl)n2Cc1ccccc1Cl. The summed E-state index contributed by atoms with van der Waals surface area (Å²) < 4.78 is 3.02. The van der Waals surface area contributed by atoms with Crippen LogP contribution in [0, 0.1) is 0 Å². The summed E-state index contributed by atoms with van der Waals surface area (Å²) in [4.78, 5) is 31.4. The van der Waals surface area contributed by atoms with Crippen molar-refractivity contribution in [3.8, 4) is 0 Å². The second kappa shape index (κ2) is 7.77. The molecule has 29 heavy (non-hydrogen) atoms. The summed E-state index contributed by atoms with van der Waals surface area (Å²) in [7, 11) is 1.56. The number of fused-ring (bicyclic) bond motifs is 1. The average molecular weight is 430 g/mol. The minimum Gasteiger partial charge on any atom is -0.351 e. The van der Waals surface area contributed by atoms with Gasteiger partial charge in [0.05, 0.1) is 6.54 Å². The molecule has 4 rings (SSSR count). The van der Waals surface area contributed by atoms with Gasteiger partial charge in [-0.3, -0.25) is 18.9 Å². The van der Waals surface area contributed by atoms with Crippen molar-refractivity contribution in [1.82, 2.24) is 19.1 Å². The number of rotatable bonds is 5. The first-order valence-corrected chi connectivity index (χ1v) is 9.61. The normalized spacial score (nSPS) is 11.1. The Morgan fingerprint density at radius 2 is 1.62 bits per heavy atom. The fourth-order valence-electron chi connectivity index (χ4n) is 3.14. The number of anilines is 1. The largest absolute Gasteiger partial charge is 0.351 e. The van der Waals surface area contributed by atoms with Crippen molar-refractivity contribution in [2.24, 2.45) is 7.05 Å². The van der Waals surface area contributed by atoms with Crippen LogP contribution in [-0.4, -0.2) is 19.1 Å². The number of aryl methyl sites for hydroxylation is 1. The molecule has 0 spiro atoms. The summed E-state index contributed by atoms with van der Waals surface area (Å²) in [6, 6.07) is 14.8. The molecule has 0 saturated carbocycles. The van der Waals surface area contributed by atoms with E-state index >= 15 is 0 Å². The molecule has 0 atom stereocenters. The lowest BCUT2D eigenvalue weighted by molar-refractivity contribution is 0.806. The third-order valence-electron chi connectivity index (χ3n) is 4.69. The number of H-pyrrole nitrogens is 1. The number of aromatic nitrogens is 4. The molecule has 2 N–H and O–H groups in total. The zero-order chi connectivity index (χ0) is 20.5. The highest BCUT2D eigenvalue weighted by Gasteiger charge is 2.18. The predicted molar refractivity (Wildman–Crippen MR) is 115 cm³/mol. The summed E-state index contributed by atoms with van der Waals surface area (Å²) in [5.41, 5.74) is 1.24. The highest BCUT2D eigenvalue weighted by molar-refractivity contribution is 6.31. The lowest BCUT2D eigenvalue weighted by atomic mass is 10.2. The van der Waals surface area contributed by atoms with Gasteiger partial charge in [0.2, 0.25) is 5.95 Å². The molecule has 0 amide bonds. The Morgan fingerprint density at radius 3 is 2.28 bits per heavy atom. The molecule has 2 heterocycles. The van der Waals surface area contributed by atoms with Crippen molar-refractivity contribution < 1.29 is 0 Å². The third kappa shape index (κ3) is 3.66. The first kappa shape index (κ1) is 19.3. The number of imidazole rings is 1. The van der Waals surface area contributed by atoms with Crippen molar-refractivity contribution >= 4 is 40.3 Å². The average Bonchev–Trinajstić information content (AvgIpc) is 3.06. The number of hydrogen-bond acceptors (Lipinski definition) is 4. The number of hydrogen-bond donors (Lipinski definition) is 2. The van der Waals surface area contributed by atoms with Crippen molar-refractivity contribution in [3.05, 3.63) is 90.5 Å². The maximum absolute atomic E-state index is 12.6. The van der Waals surface area contributed by atoms with Gasteiger partial charge in [-0.15, -0.1) is 0 Å². The van der Waals surface area contributed by atoms with E-state index in [2.05, 4.69) is 15.3 Å². The molecule has 2 aromatic carbocycles. The van der Waals surface area contributed by atoms with Crippen LogP contribution in [0.4, 0.5) is 5.95 Å². The Balaban J connectivity index is 1.84. The summed E-state index contributed by atoms with van der Waals surface area (Å²) in [5, 5.41) is 4.43. The molecule has 0 radical (unpaired) electrons. The van der Waals surface area contributed by atoms with Crippen LogP contribution in [0.2, 0.25) is 10.0 Å². The van der Waals surface area contributed by atoms with Crippen LogP contribution < -0.4 is 16.6 Å². The molecule has 0 bridgehead atoms. The van der Waals surface area contributed by atoms with Crippen LogP contribution in [0.25, 0.3) is 11.2 Å².